The maximum absolute atomic E-state index is 13.2. The number of hydrogen-bond acceptors (Lipinski definition) is 3. The average Bonchev–Trinajstić information content (AvgIpc) is 2.28. The van der Waals surface area contributed by atoms with Crippen molar-refractivity contribution in [1.29, 1.82) is 0 Å². The summed E-state index contributed by atoms with van der Waals surface area (Å²) in [6.07, 6.45) is 2.17. The van der Waals surface area contributed by atoms with E-state index in [0.717, 1.165) is 31.5 Å². The standard InChI is InChI=1S/C13H19FN2O/c14-12-4-11(5-13(15)6-12)8-16-3-1-2-10(7-16)9-17/h4-6,10,17H,1-3,7-9,15H2. The molecule has 94 valence electrons. The fourth-order valence-corrected chi connectivity index (χ4v) is 2.47. The Balaban J connectivity index is 2.00. The van der Waals surface area contributed by atoms with Gasteiger partial charge in [-0.2, -0.15) is 0 Å². The van der Waals surface area contributed by atoms with Gasteiger partial charge in [-0.15, -0.1) is 0 Å². The highest BCUT2D eigenvalue weighted by Gasteiger charge is 2.19. The second kappa shape index (κ2) is 5.47. The lowest BCUT2D eigenvalue weighted by molar-refractivity contribution is 0.116. The highest BCUT2D eigenvalue weighted by atomic mass is 19.1. The summed E-state index contributed by atoms with van der Waals surface area (Å²) in [5.41, 5.74) is 6.99. The Bertz CT molecular complexity index is 363. The highest BCUT2D eigenvalue weighted by molar-refractivity contribution is 5.41. The summed E-state index contributed by atoms with van der Waals surface area (Å²) >= 11 is 0. The van der Waals surface area contributed by atoms with Gasteiger partial charge in [-0.25, -0.2) is 4.39 Å². The summed E-state index contributed by atoms with van der Waals surface area (Å²) in [7, 11) is 0. The van der Waals surface area contributed by atoms with Gasteiger partial charge < -0.3 is 10.8 Å². The van der Waals surface area contributed by atoms with E-state index in [-0.39, 0.29) is 12.4 Å². The Hall–Kier alpha value is -1.13. The molecular weight excluding hydrogens is 219 g/mol. The van der Waals surface area contributed by atoms with Crippen LogP contribution in [0.4, 0.5) is 10.1 Å². The fourth-order valence-electron chi connectivity index (χ4n) is 2.47. The van der Waals surface area contributed by atoms with Gasteiger partial charge in [0.05, 0.1) is 0 Å². The van der Waals surface area contributed by atoms with E-state index in [1.54, 1.807) is 0 Å². The normalized spacial score (nSPS) is 21.6. The van der Waals surface area contributed by atoms with Gasteiger partial charge >= 0.3 is 0 Å². The largest absolute Gasteiger partial charge is 0.399 e. The van der Waals surface area contributed by atoms with Gasteiger partial charge in [0, 0.05) is 25.4 Å². The van der Waals surface area contributed by atoms with Crippen molar-refractivity contribution in [3.63, 3.8) is 0 Å². The van der Waals surface area contributed by atoms with Crippen LogP contribution in [-0.4, -0.2) is 29.7 Å². The van der Waals surface area contributed by atoms with E-state index in [1.807, 2.05) is 6.07 Å². The molecule has 0 saturated carbocycles. The van der Waals surface area contributed by atoms with Crippen LogP contribution in [0.2, 0.25) is 0 Å². The number of aliphatic hydroxyl groups is 1. The first-order valence-electron chi connectivity index (χ1n) is 6.05. The summed E-state index contributed by atoms with van der Waals surface area (Å²) in [5, 5.41) is 9.16. The number of rotatable bonds is 3. The third kappa shape index (κ3) is 3.41. The highest BCUT2D eigenvalue weighted by Crippen LogP contribution is 2.19. The van der Waals surface area contributed by atoms with Crippen molar-refractivity contribution in [2.24, 2.45) is 5.92 Å². The molecule has 1 aromatic carbocycles. The summed E-state index contributed by atoms with van der Waals surface area (Å²) in [4.78, 5) is 2.25. The van der Waals surface area contributed by atoms with E-state index < -0.39 is 0 Å². The number of hydrogen-bond donors (Lipinski definition) is 2. The van der Waals surface area contributed by atoms with Crippen LogP contribution in [0.1, 0.15) is 18.4 Å². The summed E-state index contributed by atoms with van der Waals surface area (Å²) in [6, 6.07) is 4.67. The van der Waals surface area contributed by atoms with Gasteiger partial charge in [0.25, 0.3) is 0 Å². The van der Waals surface area contributed by atoms with Gasteiger partial charge in [-0.05, 0) is 49.1 Å². The third-order valence-corrected chi connectivity index (χ3v) is 3.25. The minimum Gasteiger partial charge on any atom is -0.399 e. The third-order valence-electron chi connectivity index (χ3n) is 3.25. The van der Waals surface area contributed by atoms with Crippen molar-refractivity contribution in [3.05, 3.63) is 29.6 Å². The van der Waals surface area contributed by atoms with Crippen LogP contribution in [-0.2, 0) is 6.54 Å². The molecule has 17 heavy (non-hydrogen) atoms. The van der Waals surface area contributed by atoms with Crippen LogP contribution in [0.15, 0.2) is 18.2 Å². The zero-order valence-electron chi connectivity index (χ0n) is 9.90. The molecule has 1 fully saturated rings. The molecule has 1 aliphatic heterocycles. The van der Waals surface area contributed by atoms with E-state index in [4.69, 9.17) is 10.8 Å². The zero-order chi connectivity index (χ0) is 12.3. The Morgan fingerprint density at radius 3 is 2.94 bits per heavy atom. The molecule has 1 aliphatic rings. The Morgan fingerprint density at radius 1 is 1.41 bits per heavy atom. The molecule has 0 spiro atoms. The molecule has 3 nitrogen and oxygen atoms in total. The molecule has 0 aromatic heterocycles. The molecule has 0 aliphatic carbocycles. The fraction of sp³-hybridized carbons (Fsp3) is 0.538. The Kier molecular flexibility index (Phi) is 3.97. The van der Waals surface area contributed by atoms with Crippen LogP contribution >= 0.6 is 0 Å². The summed E-state index contributed by atoms with van der Waals surface area (Å²) < 4.78 is 13.2. The molecule has 0 bridgehead atoms. The topological polar surface area (TPSA) is 49.5 Å². The molecule has 4 heteroatoms. The van der Waals surface area contributed by atoms with E-state index in [1.165, 1.54) is 12.1 Å². The number of nitrogens with zero attached hydrogens (tertiary/aromatic N) is 1. The number of aliphatic hydroxyl groups excluding tert-OH is 1. The molecule has 3 N–H and O–H groups in total. The molecule has 1 heterocycles. The maximum Gasteiger partial charge on any atom is 0.125 e. The number of halogens is 1. The second-order valence-electron chi connectivity index (χ2n) is 4.82. The molecule has 0 radical (unpaired) electrons. The van der Waals surface area contributed by atoms with Crippen LogP contribution < -0.4 is 5.73 Å². The first-order valence-corrected chi connectivity index (χ1v) is 6.05. The van der Waals surface area contributed by atoms with Crippen molar-refractivity contribution < 1.29 is 9.50 Å². The first-order chi connectivity index (χ1) is 8.17. The van der Waals surface area contributed by atoms with Crippen molar-refractivity contribution in [2.75, 3.05) is 25.4 Å². The minimum atomic E-state index is -0.282. The number of likely N-dealkylation sites (tertiary alicyclic amines) is 1. The smallest absolute Gasteiger partial charge is 0.125 e. The molecule has 1 unspecified atom stereocenters. The Morgan fingerprint density at radius 2 is 2.24 bits per heavy atom. The predicted molar refractivity (Wildman–Crippen MR) is 65.9 cm³/mol. The Labute approximate surface area is 101 Å². The maximum atomic E-state index is 13.2. The average molecular weight is 238 g/mol. The van der Waals surface area contributed by atoms with E-state index in [9.17, 15) is 4.39 Å². The van der Waals surface area contributed by atoms with Crippen LogP contribution in [0.3, 0.4) is 0 Å². The van der Waals surface area contributed by atoms with Crippen molar-refractivity contribution in [1.82, 2.24) is 4.90 Å². The molecular formula is C13H19FN2O. The summed E-state index contributed by atoms with van der Waals surface area (Å²) in [5.74, 6) is 0.0744. The predicted octanol–water partition coefficient (Wildman–Crippen LogP) is 1.61. The number of nitrogens with two attached hydrogens (primary N) is 1. The zero-order valence-corrected chi connectivity index (χ0v) is 9.90. The monoisotopic (exact) mass is 238 g/mol. The van der Waals surface area contributed by atoms with Crippen LogP contribution in [0, 0.1) is 11.7 Å². The number of benzene rings is 1. The number of piperidine rings is 1. The molecule has 1 atom stereocenters. The number of anilines is 1. The lowest BCUT2D eigenvalue weighted by Gasteiger charge is -2.31. The molecule has 1 aromatic rings. The van der Waals surface area contributed by atoms with Crippen molar-refractivity contribution in [3.8, 4) is 0 Å². The number of nitrogen functional groups attached to an aromatic ring is 1. The van der Waals surface area contributed by atoms with E-state index >= 15 is 0 Å². The molecule has 2 rings (SSSR count). The van der Waals surface area contributed by atoms with Gasteiger partial charge in [0.15, 0.2) is 0 Å². The van der Waals surface area contributed by atoms with E-state index in [2.05, 4.69) is 4.90 Å². The lowest BCUT2D eigenvalue weighted by atomic mass is 9.98. The summed E-state index contributed by atoms with van der Waals surface area (Å²) in [6.45, 7) is 2.83. The SMILES string of the molecule is Nc1cc(F)cc(CN2CCCC(CO)C2)c1. The molecule has 0 amide bonds. The first kappa shape index (κ1) is 12.3. The van der Waals surface area contributed by atoms with Crippen molar-refractivity contribution >= 4 is 5.69 Å². The van der Waals surface area contributed by atoms with Gasteiger partial charge in [0.2, 0.25) is 0 Å². The van der Waals surface area contributed by atoms with Gasteiger partial charge in [-0.3, -0.25) is 4.90 Å². The minimum absolute atomic E-state index is 0.238. The lowest BCUT2D eigenvalue weighted by Crippen LogP contribution is -2.36. The van der Waals surface area contributed by atoms with Crippen LogP contribution in [0.25, 0.3) is 0 Å². The van der Waals surface area contributed by atoms with Gasteiger partial charge in [0.1, 0.15) is 5.82 Å². The van der Waals surface area contributed by atoms with E-state index in [0.29, 0.717) is 18.2 Å². The van der Waals surface area contributed by atoms with Gasteiger partial charge in [-0.1, -0.05) is 0 Å². The molecule has 1 saturated heterocycles. The van der Waals surface area contributed by atoms with Crippen molar-refractivity contribution in [2.45, 2.75) is 19.4 Å². The quantitative estimate of drug-likeness (QED) is 0.787. The van der Waals surface area contributed by atoms with Crippen LogP contribution in [0.5, 0.6) is 0 Å². The second-order valence-corrected chi connectivity index (χ2v) is 4.82.